The van der Waals surface area contributed by atoms with Crippen LogP contribution < -0.4 is 0 Å². The lowest BCUT2D eigenvalue weighted by Crippen LogP contribution is -2.21. The number of rotatable bonds is 1. The van der Waals surface area contributed by atoms with Crippen molar-refractivity contribution in [2.24, 2.45) is 0 Å². The van der Waals surface area contributed by atoms with E-state index in [0.717, 1.165) is 11.2 Å². The van der Waals surface area contributed by atoms with Crippen molar-refractivity contribution in [3.8, 4) is 0 Å². The summed E-state index contributed by atoms with van der Waals surface area (Å²) in [5.41, 5.74) is 5.84. The van der Waals surface area contributed by atoms with E-state index in [9.17, 15) is 0 Å². The van der Waals surface area contributed by atoms with Gasteiger partial charge in [0, 0.05) is 28.7 Å². The normalized spacial score (nSPS) is 18.6. The fourth-order valence-corrected chi connectivity index (χ4v) is 3.89. The molecule has 0 saturated carbocycles. The molecule has 0 amide bonds. The zero-order valence-electron chi connectivity index (χ0n) is 13.9. The first-order valence-corrected chi connectivity index (χ1v) is 8.52. The van der Waals surface area contributed by atoms with Crippen molar-refractivity contribution in [2.75, 3.05) is 0 Å². The van der Waals surface area contributed by atoms with E-state index >= 15 is 0 Å². The highest BCUT2D eigenvalue weighted by molar-refractivity contribution is 6.08. The minimum atomic E-state index is 0.210. The molecule has 0 saturated heterocycles. The van der Waals surface area contributed by atoms with E-state index in [4.69, 9.17) is 4.42 Å². The van der Waals surface area contributed by atoms with Gasteiger partial charge in [-0.2, -0.15) is 0 Å². The maximum Gasteiger partial charge on any atom is 0.141 e. The van der Waals surface area contributed by atoms with Crippen LogP contribution in [0.15, 0.2) is 65.4 Å². The zero-order valence-corrected chi connectivity index (χ0v) is 13.9. The van der Waals surface area contributed by atoms with Crippen molar-refractivity contribution in [1.82, 2.24) is 4.90 Å². The average Bonchev–Trinajstić information content (AvgIpc) is 2.99. The van der Waals surface area contributed by atoms with Gasteiger partial charge in [0.25, 0.3) is 0 Å². The summed E-state index contributed by atoms with van der Waals surface area (Å²) in [6, 6.07) is 11.1. The molecule has 2 heteroatoms. The number of hydrogen-bond acceptors (Lipinski definition) is 2. The van der Waals surface area contributed by atoms with Crippen LogP contribution in [0.1, 0.15) is 42.5 Å². The number of para-hydroxylation sites is 1. The van der Waals surface area contributed by atoms with Crippen LogP contribution in [0.3, 0.4) is 0 Å². The largest absolute Gasteiger partial charge is 0.455 e. The Bertz CT molecular complexity index is 1050. The third-order valence-electron chi connectivity index (χ3n) is 5.10. The summed E-state index contributed by atoms with van der Waals surface area (Å²) in [6.07, 6.45) is 12.8. The predicted molar refractivity (Wildman–Crippen MR) is 99.7 cm³/mol. The Kier molecular flexibility index (Phi) is 2.78. The molecule has 0 fully saturated rings. The quantitative estimate of drug-likeness (QED) is 0.538. The van der Waals surface area contributed by atoms with Gasteiger partial charge in [-0.1, -0.05) is 50.3 Å². The molecule has 2 aliphatic rings. The molecule has 1 atom stereocenters. The molecule has 2 nitrogen and oxygen atoms in total. The molecule has 118 valence electrons. The van der Waals surface area contributed by atoms with Crippen LogP contribution in [0.2, 0.25) is 0 Å². The van der Waals surface area contributed by atoms with E-state index in [1.807, 2.05) is 0 Å². The van der Waals surface area contributed by atoms with E-state index in [1.54, 1.807) is 0 Å². The van der Waals surface area contributed by atoms with Gasteiger partial charge in [0.05, 0.1) is 6.04 Å². The number of hydrogen-bond donors (Lipinski definition) is 0. The average molecular weight is 313 g/mol. The molecule has 0 spiro atoms. The Morgan fingerprint density at radius 3 is 2.71 bits per heavy atom. The second kappa shape index (κ2) is 4.88. The van der Waals surface area contributed by atoms with Gasteiger partial charge in [-0.05, 0) is 35.3 Å². The molecular formula is C22H19NO. The Hall–Kier alpha value is -2.74. The summed E-state index contributed by atoms with van der Waals surface area (Å²) in [6.45, 7) is 4.44. The first kappa shape index (κ1) is 13.7. The van der Waals surface area contributed by atoms with Gasteiger partial charge in [-0.25, -0.2) is 0 Å². The molecule has 0 bridgehead atoms. The number of benzene rings is 2. The summed E-state index contributed by atoms with van der Waals surface area (Å²) in [4.78, 5) is 2.23. The molecule has 0 N–H and O–H groups in total. The summed E-state index contributed by atoms with van der Waals surface area (Å²) in [7, 11) is 0. The number of allylic oxidation sites excluding steroid dienone is 2. The lowest BCUT2D eigenvalue weighted by atomic mass is 9.92. The van der Waals surface area contributed by atoms with Gasteiger partial charge in [0.15, 0.2) is 0 Å². The third-order valence-corrected chi connectivity index (χ3v) is 5.10. The molecular weight excluding hydrogens is 294 g/mol. The first-order valence-electron chi connectivity index (χ1n) is 8.52. The van der Waals surface area contributed by atoms with Crippen LogP contribution >= 0.6 is 0 Å². The summed E-state index contributed by atoms with van der Waals surface area (Å²) in [5, 5.41) is 2.43. The monoisotopic (exact) mass is 313 g/mol. The summed E-state index contributed by atoms with van der Waals surface area (Å²) >= 11 is 0. The van der Waals surface area contributed by atoms with E-state index in [1.165, 1.54) is 27.5 Å². The summed E-state index contributed by atoms with van der Waals surface area (Å²) < 4.78 is 6.47. The van der Waals surface area contributed by atoms with Crippen LogP contribution in [0.4, 0.5) is 0 Å². The van der Waals surface area contributed by atoms with Gasteiger partial charge >= 0.3 is 0 Å². The molecule has 1 aromatic heterocycles. The van der Waals surface area contributed by atoms with Crippen molar-refractivity contribution < 1.29 is 4.42 Å². The van der Waals surface area contributed by atoms with Gasteiger partial charge in [0.1, 0.15) is 11.2 Å². The molecule has 1 unspecified atom stereocenters. The van der Waals surface area contributed by atoms with Crippen LogP contribution in [-0.2, 0) is 0 Å². The Morgan fingerprint density at radius 2 is 1.83 bits per heavy atom. The minimum Gasteiger partial charge on any atom is -0.455 e. The predicted octanol–water partition coefficient (Wildman–Crippen LogP) is 6.12. The first-order chi connectivity index (χ1) is 11.7. The Labute approximate surface area is 141 Å². The lowest BCUT2D eigenvalue weighted by Gasteiger charge is -2.31. The highest BCUT2D eigenvalue weighted by Crippen LogP contribution is 2.42. The fourth-order valence-electron chi connectivity index (χ4n) is 3.89. The summed E-state index contributed by atoms with van der Waals surface area (Å²) in [5.74, 6) is 0.444. The molecule has 2 aliphatic heterocycles. The van der Waals surface area contributed by atoms with Gasteiger partial charge in [-0.15, -0.1) is 0 Å². The van der Waals surface area contributed by atoms with Crippen molar-refractivity contribution in [3.63, 3.8) is 0 Å². The van der Waals surface area contributed by atoms with Crippen LogP contribution in [-0.4, -0.2) is 4.90 Å². The van der Waals surface area contributed by atoms with Crippen molar-refractivity contribution in [3.05, 3.63) is 77.7 Å². The molecule has 0 radical (unpaired) electrons. The molecule has 5 rings (SSSR count). The highest BCUT2D eigenvalue weighted by Gasteiger charge is 2.26. The Balaban J connectivity index is 1.88. The fraction of sp³-hybridized carbons (Fsp3) is 0.182. The molecule has 0 aliphatic carbocycles. The van der Waals surface area contributed by atoms with Crippen LogP contribution in [0, 0.1) is 0 Å². The van der Waals surface area contributed by atoms with E-state index in [-0.39, 0.29) is 6.04 Å². The molecule has 24 heavy (non-hydrogen) atoms. The van der Waals surface area contributed by atoms with Gasteiger partial charge in [-0.3, -0.25) is 0 Å². The lowest BCUT2D eigenvalue weighted by molar-refractivity contribution is 0.428. The topological polar surface area (TPSA) is 16.4 Å². The van der Waals surface area contributed by atoms with Gasteiger partial charge < -0.3 is 9.32 Å². The zero-order chi connectivity index (χ0) is 16.3. The minimum absolute atomic E-state index is 0.210. The molecule has 3 aromatic rings. The van der Waals surface area contributed by atoms with E-state index in [0.29, 0.717) is 5.92 Å². The van der Waals surface area contributed by atoms with Crippen molar-refractivity contribution in [1.29, 1.82) is 0 Å². The SMILES string of the molecule is CC(C)c1cccc2c1oc1c3c(ccc12)C=CN1C=CC=CC31. The maximum atomic E-state index is 6.47. The van der Waals surface area contributed by atoms with Gasteiger partial charge in [0.2, 0.25) is 0 Å². The number of furan rings is 1. The van der Waals surface area contributed by atoms with Crippen molar-refractivity contribution >= 4 is 28.0 Å². The standard InChI is InChI=1S/C22H19NO/c1-14(2)16-6-5-7-17-18-10-9-15-11-13-23-12-4-3-8-19(23)20(15)22(18)24-21(16)17/h3-14,19H,1-2H3. The van der Waals surface area contributed by atoms with Crippen LogP contribution in [0.25, 0.3) is 28.0 Å². The Morgan fingerprint density at radius 1 is 0.958 bits per heavy atom. The van der Waals surface area contributed by atoms with Crippen molar-refractivity contribution in [2.45, 2.75) is 25.8 Å². The molecule has 2 aromatic carbocycles. The number of nitrogens with zero attached hydrogens (tertiary/aromatic N) is 1. The smallest absolute Gasteiger partial charge is 0.141 e. The molecule has 3 heterocycles. The van der Waals surface area contributed by atoms with E-state index < -0.39 is 0 Å². The van der Waals surface area contributed by atoms with Crippen LogP contribution in [0.5, 0.6) is 0 Å². The maximum absolute atomic E-state index is 6.47. The van der Waals surface area contributed by atoms with E-state index in [2.05, 4.69) is 85.8 Å². The third kappa shape index (κ3) is 1.77. The highest BCUT2D eigenvalue weighted by atomic mass is 16.3. The second-order valence-electron chi connectivity index (χ2n) is 6.86. The number of fused-ring (bicyclic) bond motifs is 7. The second-order valence-corrected chi connectivity index (χ2v) is 6.86.